The summed E-state index contributed by atoms with van der Waals surface area (Å²) in [4.78, 5) is 2.45. The molecule has 0 radical (unpaired) electrons. The summed E-state index contributed by atoms with van der Waals surface area (Å²) in [6, 6.07) is 23.8. The third-order valence-electron chi connectivity index (χ3n) is 6.18. The van der Waals surface area contributed by atoms with E-state index in [1.165, 1.54) is 48.0 Å². The number of anilines is 1. The van der Waals surface area contributed by atoms with E-state index in [2.05, 4.69) is 106 Å². The predicted molar refractivity (Wildman–Crippen MR) is 127 cm³/mol. The van der Waals surface area contributed by atoms with Gasteiger partial charge in [0.2, 0.25) is 0 Å². The summed E-state index contributed by atoms with van der Waals surface area (Å²) < 4.78 is 0. The van der Waals surface area contributed by atoms with Gasteiger partial charge in [-0.15, -0.1) is 0 Å². The van der Waals surface area contributed by atoms with E-state index in [0.717, 1.165) is 12.0 Å². The second-order valence-electron chi connectivity index (χ2n) is 8.15. The van der Waals surface area contributed by atoms with Crippen molar-refractivity contribution < 1.29 is 0 Å². The van der Waals surface area contributed by atoms with Crippen molar-refractivity contribution in [3.8, 4) is 0 Å². The molecule has 1 heterocycles. The minimum atomic E-state index is -0.346. The maximum Gasteiger partial charge on any atom is 0.102 e. The Morgan fingerprint density at radius 3 is 2.47 bits per heavy atom. The molecule has 1 unspecified atom stereocenters. The van der Waals surface area contributed by atoms with Crippen molar-refractivity contribution in [2.45, 2.75) is 24.8 Å². The molecule has 0 bridgehead atoms. The molecule has 30 heavy (non-hydrogen) atoms. The quantitative estimate of drug-likeness (QED) is 0.440. The van der Waals surface area contributed by atoms with Crippen molar-refractivity contribution in [1.82, 2.24) is 5.43 Å². The highest BCUT2D eigenvalue weighted by Crippen LogP contribution is 2.35. The first-order valence-electron chi connectivity index (χ1n) is 10.8. The summed E-state index contributed by atoms with van der Waals surface area (Å²) in [6.45, 7) is 2.34. The number of fused-ring (bicyclic) bond motifs is 1. The van der Waals surface area contributed by atoms with Crippen molar-refractivity contribution >= 4 is 22.7 Å². The van der Waals surface area contributed by atoms with Crippen LogP contribution in [-0.4, -0.2) is 19.3 Å². The normalized spacial score (nSPS) is 21.0. The van der Waals surface area contributed by atoms with Crippen LogP contribution in [0.2, 0.25) is 0 Å². The molecule has 0 saturated carbocycles. The van der Waals surface area contributed by atoms with Gasteiger partial charge in [-0.2, -0.15) is 5.10 Å². The molecule has 3 aromatic carbocycles. The fraction of sp³-hybridized carbons (Fsp3) is 0.222. The van der Waals surface area contributed by atoms with Gasteiger partial charge >= 0.3 is 0 Å². The molecule has 150 valence electrons. The highest BCUT2D eigenvalue weighted by molar-refractivity contribution is 5.87. The highest BCUT2D eigenvalue weighted by Gasteiger charge is 2.30. The Morgan fingerprint density at radius 1 is 0.867 bits per heavy atom. The van der Waals surface area contributed by atoms with Crippen LogP contribution in [0.25, 0.3) is 10.8 Å². The first kappa shape index (κ1) is 18.7. The molecule has 2 aliphatic rings. The van der Waals surface area contributed by atoms with Crippen LogP contribution in [0, 0.1) is 0 Å². The van der Waals surface area contributed by atoms with Crippen LogP contribution in [-0.2, 0) is 5.54 Å². The largest absolute Gasteiger partial charge is 0.372 e. The van der Waals surface area contributed by atoms with Crippen molar-refractivity contribution in [1.29, 1.82) is 0 Å². The molecule has 1 atom stereocenters. The van der Waals surface area contributed by atoms with Gasteiger partial charge in [0, 0.05) is 18.8 Å². The predicted octanol–water partition coefficient (Wildman–Crippen LogP) is 5.78. The molecular formula is C27H27N3. The average molecular weight is 394 g/mol. The smallest absolute Gasteiger partial charge is 0.102 e. The molecule has 0 amide bonds. The Bertz CT molecular complexity index is 1100. The van der Waals surface area contributed by atoms with Crippen LogP contribution in [0.1, 0.15) is 30.4 Å². The van der Waals surface area contributed by atoms with E-state index in [9.17, 15) is 0 Å². The van der Waals surface area contributed by atoms with Crippen LogP contribution in [0.15, 0.2) is 96.1 Å². The van der Waals surface area contributed by atoms with Crippen LogP contribution in [0.5, 0.6) is 0 Å². The standard InChI is InChI=1S/C27H27N3/c1-4-17-27(18-5-1,26-12-8-10-23-9-2-3-11-25(23)26)29-28-21-22-13-15-24(16-14-22)30-19-6-7-20-30/h1-5,8-17,21,29H,6-7,18-20H2/b28-21+. The van der Waals surface area contributed by atoms with E-state index in [1.54, 1.807) is 0 Å². The lowest BCUT2D eigenvalue weighted by Crippen LogP contribution is -2.38. The molecule has 1 N–H and O–H groups in total. The van der Waals surface area contributed by atoms with E-state index >= 15 is 0 Å². The molecular weight excluding hydrogens is 366 g/mol. The fourth-order valence-corrected chi connectivity index (χ4v) is 4.55. The third kappa shape index (κ3) is 3.63. The summed E-state index contributed by atoms with van der Waals surface area (Å²) in [7, 11) is 0. The van der Waals surface area contributed by atoms with E-state index in [0.29, 0.717) is 0 Å². The van der Waals surface area contributed by atoms with Crippen molar-refractivity contribution in [3.63, 3.8) is 0 Å². The number of hydrogen-bond acceptors (Lipinski definition) is 3. The number of nitrogens with one attached hydrogen (secondary N) is 1. The Kier molecular flexibility index (Phi) is 5.10. The van der Waals surface area contributed by atoms with Gasteiger partial charge in [-0.05, 0) is 53.3 Å². The first-order chi connectivity index (χ1) is 14.8. The molecule has 0 spiro atoms. The molecule has 1 saturated heterocycles. The number of hydrazone groups is 1. The minimum Gasteiger partial charge on any atom is -0.372 e. The number of allylic oxidation sites excluding steroid dienone is 2. The van der Waals surface area contributed by atoms with Crippen LogP contribution >= 0.6 is 0 Å². The molecule has 1 aliphatic heterocycles. The molecule has 0 aromatic heterocycles. The van der Waals surface area contributed by atoms with Gasteiger partial charge in [-0.25, -0.2) is 0 Å². The maximum absolute atomic E-state index is 4.67. The van der Waals surface area contributed by atoms with Crippen LogP contribution < -0.4 is 10.3 Å². The zero-order valence-corrected chi connectivity index (χ0v) is 17.2. The molecule has 3 aromatic rings. The molecule has 1 fully saturated rings. The Balaban J connectivity index is 1.40. The number of nitrogens with zero attached hydrogens (tertiary/aromatic N) is 2. The summed E-state index contributed by atoms with van der Waals surface area (Å²) in [5, 5.41) is 7.19. The SMILES string of the molecule is C1=CCC(N/N=C/c2ccc(N3CCCC3)cc2)(c2cccc3ccccc23)C=C1. The first-order valence-corrected chi connectivity index (χ1v) is 10.8. The van der Waals surface area contributed by atoms with Gasteiger partial charge in [-0.3, -0.25) is 5.43 Å². The van der Waals surface area contributed by atoms with Gasteiger partial charge in [-0.1, -0.05) is 78.9 Å². The van der Waals surface area contributed by atoms with Gasteiger partial charge in [0.1, 0.15) is 5.54 Å². The molecule has 5 rings (SSSR count). The minimum absolute atomic E-state index is 0.346. The second-order valence-corrected chi connectivity index (χ2v) is 8.15. The molecule has 3 heteroatoms. The van der Waals surface area contributed by atoms with Crippen molar-refractivity contribution in [3.05, 3.63) is 102 Å². The zero-order valence-electron chi connectivity index (χ0n) is 17.2. The fourth-order valence-electron chi connectivity index (χ4n) is 4.55. The lowest BCUT2D eigenvalue weighted by atomic mass is 9.82. The van der Waals surface area contributed by atoms with Gasteiger partial charge in [0.15, 0.2) is 0 Å². The average Bonchev–Trinajstić information content (AvgIpc) is 3.35. The van der Waals surface area contributed by atoms with Crippen LogP contribution in [0.3, 0.4) is 0 Å². The summed E-state index contributed by atoms with van der Waals surface area (Å²) in [5.41, 5.74) is 6.81. The topological polar surface area (TPSA) is 27.6 Å². The summed E-state index contributed by atoms with van der Waals surface area (Å²) in [6.07, 6.45) is 14.0. The molecule has 1 aliphatic carbocycles. The van der Waals surface area contributed by atoms with E-state index in [4.69, 9.17) is 0 Å². The number of benzene rings is 3. The van der Waals surface area contributed by atoms with Crippen molar-refractivity contribution in [2.75, 3.05) is 18.0 Å². The Morgan fingerprint density at radius 2 is 1.67 bits per heavy atom. The third-order valence-corrected chi connectivity index (χ3v) is 6.18. The van der Waals surface area contributed by atoms with E-state index in [-0.39, 0.29) is 5.54 Å². The second kappa shape index (κ2) is 8.19. The van der Waals surface area contributed by atoms with Gasteiger partial charge in [0.25, 0.3) is 0 Å². The Hall–Kier alpha value is -3.33. The number of rotatable bonds is 5. The summed E-state index contributed by atoms with van der Waals surface area (Å²) in [5.74, 6) is 0. The monoisotopic (exact) mass is 393 g/mol. The lowest BCUT2D eigenvalue weighted by Gasteiger charge is -2.32. The van der Waals surface area contributed by atoms with Crippen LogP contribution in [0.4, 0.5) is 5.69 Å². The van der Waals surface area contributed by atoms with Gasteiger partial charge < -0.3 is 4.90 Å². The zero-order chi connectivity index (χ0) is 20.2. The Labute approximate surface area is 178 Å². The maximum atomic E-state index is 4.67. The van der Waals surface area contributed by atoms with E-state index < -0.39 is 0 Å². The van der Waals surface area contributed by atoms with Gasteiger partial charge in [0.05, 0.1) is 6.21 Å². The lowest BCUT2D eigenvalue weighted by molar-refractivity contribution is 0.435. The highest BCUT2D eigenvalue weighted by atomic mass is 15.3. The molecule has 3 nitrogen and oxygen atoms in total. The summed E-state index contributed by atoms with van der Waals surface area (Å²) >= 11 is 0. The van der Waals surface area contributed by atoms with E-state index in [1.807, 2.05) is 6.21 Å². The number of hydrogen-bond donors (Lipinski definition) is 1. The van der Waals surface area contributed by atoms with Crippen molar-refractivity contribution in [2.24, 2.45) is 5.10 Å².